The molecule has 0 heterocycles. The number of hydrogen-bond acceptors (Lipinski definition) is 2. The molecule has 68 valence electrons. The highest BCUT2D eigenvalue weighted by atomic mass is 35.5. The number of halogens is 3. The minimum atomic E-state index is -2.94. The van der Waals surface area contributed by atoms with Gasteiger partial charge in [-0.1, -0.05) is 11.6 Å². The standard InChI is InChI=1S/C8H4ClF2NO/c9-6-2-1-5(4-12)3-7(6)13-8(10)11/h1-3,8H. The molecule has 0 aliphatic heterocycles. The largest absolute Gasteiger partial charge is 0.433 e. The maximum Gasteiger partial charge on any atom is 0.387 e. The molecule has 0 bridgehead atoms. The summed E-state index contributed by atoms with van der Waals surface area (Å²) in [5, 5.41) is 8.51. The van der Waals surface area contributed by atoms with Crippen molar-refractivity contribution in [2.45, 2.75) is 6.61 Å². The molecule has 0 N–H and O–H groups in total. The Balaban J connectivity index is 2.99. The highest BCUT2D eigenvalue weighted by Crippen LogP contribution is 2.26. The molecule has 0 unspecified atom stereocenters. The first-order valence-electron chi connectivity index (χ1n) is 3.28. The monoisotopic (exact) mass is 203 g/mol. The number of hydrogen-bond donors (Lipinski definition) is 0. The van der Waals surface area contributed by atoms with Crippen LogP contribution in [0.3, 0.4) is 0 Å². The van der Waals surface area contributed by atoms with Crippen molar-refractivity contribution >= 4 is 11.6 Å². The van der Waals surface area contributed by atoms with Crippen molar-refractivity contribution in [3.63, 3.8) is 0 Å². The highest BCUT2D eigenvalue weighted by Gasteiger charge is 2.08. The van der Waals surface area contributed by atoms with Crippen LogP contribution in [0.2, 0.25) is 5.02 Å². The molecule has 1 rings (SSSR count). The molecule has 5 heteroatoms. The van der Waals surface area contributed by atoms with Gasteiger partial charge in [-0.3, -0.25) is 0 Å². The molecule has 2 nitrogen and oxygen atoms in total. The number of nitriles is 1. The van der Waals surface area contributed by atoms with Gasteiger partial charge < -0.3 is 4.74 Å². The van der Waals surface area contributed by atoms with Crippen LogP contribution in [0.5, 0.6) is 5.75 Å². The second-order valence-corrected chi connectivity index (χ2v) is 2.54. The maximum absolute atomic E-state index is 11.8. The average Bonchev–Trinajstić information content (AvgIpc) is 2.08. The van der Waals surface area contributed by atoms with E-state index in [9.17, 15) is 8.78 Å². The van der Waals surface area contributed by atoms with Crippen molar-refractivity contribution in [3.05, 3.63) is 28.8 Å². The Morgan fingerprint density at radius 2 is 2.15 bits per heavy atom. The van der Waals surface area contributed by atoms with E-state index in [2.05, 4.69) is 4.74 Å². The molecule has 1 aromatic carbocycles. The zero-order chi connectivity index (χ0) is 9.84. The van der Waals surface area contributed by atoms with Gasteiger partial charge in [-0.15, -0.1) is 0 Å². The molecule has 0 saturated carbocycles. The van der Waals surface area contributed by atoms with Gasteiger partial charge in [0, 0.05) is 0 Å². The van der Waals surface area contributed by atoms with Gasteiger partial charge in [-0.25, -0.2) is 0 Å². The number of rotatable bonds is 2. The lowest BCUT2D eigenvalue weighted by Gasteiger charge is -2.05. The third-order valence-electron chi connectivity index (χ3n) is 1.28. The lowest BCUT2D eigenvalue weighted by Crippen LogP contribution is -2.02. The van der Waals surface area contributed by atoms with E-state index < -0.39 is 6.61 Å². The van der Waals surface area contributed by atoms with E-state index in [4.69, 9.17) is 16.9 Å². The molecule has 0 amide bonds. The topological polar surface area (TPSA) is 33.0 Å². The van der Waals surface area contributed by atoms with Gasteiger partial charge in [0.1, 0.15) is 5.75 Å². The van der Waals surface area contributed by atoms with Gasteiger partial charge in [0.2, 0.25) is 0 Å². The second-order valence-electron chi connectivity index (χ2n) is 2.14. The van der Waals surface area contributed by atoms with Crippen LogP contribution in [0.1, 0.15) is 5.56 Å². The van der Waals surface area contributed by atoms with Crippen molar-refractivity contribution < 1.29 is 13.5 Å². The first-order chi connectivity index (χ1) is 6.13. The minimum Gasteiger partial charge on any atom is -0.433 e. The van der Waals surface area contributed by atoms with Crippen molar-refractivity contribution in [2.75, 3.05) is 0 Å². The van der Waals surface area contributed by atoms with Crippen LogP contribution >= 0.6 is 11.6 Å². The van der Waals surface area contributed by atoms with Gasteiger partial charge in [-0.2, -0.15) is 14.0 Å². The molecule has 0 aliphatic rings. The summed E-state index contributed by atoms with van der Waals surface area (Å²) >= 11 is 5.53. The lowest BCUT2D eigenvalue weighted by molar-refractivity contribution is -0.0497. The molecule has 0 saturated heterocycles. The molecular formula is C8H4ClF2NO. The summed E-state index contributed by atoms with van der Waals surface area (Å²) < 4.78 is 27.6. The number of nitrogens with zero attached hydrogens (tertiary/aromatic N) is 1. The summed E-state index contributed by atoms with van der Waals surface area (Å²) in [6.07, 6.45) is 0. The van der Waals surface area contributed by atoms with E-state index in [-0.39, 0.29) is 16.3 Å². The molecule has 0 atom stereocenters. The van der Waals surface area contributed by atoms with Crippen molar-refractivity contribution in [1.82, 2.24) is 0 Å². The predicted molar refractivity (Wildman–Crippen MR) is 42.8 cm³/mol. The van der Waals surface area contributed by atoms with Gasteiger partial charge >= 0.3 is 6.61 Å². The van der Waals surface area contributed by atoms with Gasteiger partial charge in [0.15, 0.2) is 0 Å². The van der Waals surface area contributed by atoms with Gasteiger partial charge in [0.05, 0.1) is 16.7 Å². The molecule has 1 aromatic rings. The summed E-state index contributed by atoms with van der Waals surface area (Å²) in [7, 11) is 0. The summed E-state index contributed by atoms with van der Waals surface area (Å²) in [5.74, 6) is -0.185. The predicted octanol–water partition coefficient (Wildman–Crippen LogP) is 2.81. The molecule has 0 aromatic heterocycles. The van der Waals surface area contributed by atoms with Crippen LogP contribution in [-0.2, 0) is 0 Å². The van der Waals surface area contributed by atoms with E-state index in [0.29, 0.717) is 0 Å². The first kappa shape index (κ1) is 9.75. The molecule has 0 spiro atoms. The fraction of sp³-hybridized carbons (Fsp3) is 0.125. The van der Waals surface area contributed by atoms with E-state index in [1.54, 1.807) is 6.07 Å². The van der Waals surface area contributed by atoms with Crippen LogP contribution < -0.4 is 4.74 Å². The Hall–Kier alpha value is -1.34. The lowest BCUT2D eigenvalue weighted by atomic mass is 10.2. The van der Waals surface area contributed by atoms with Crippen LogP contribution in [-0.4, -0.2) is 6.61 Å². The third kappa shape index (κ3) is 2.56. The fourth-order valence-electron chi connectivity index (χ4n) is 0.759. The Kier molecular flexibility index (Phi) is 3.04. The molecule has 13 heavy (non-hydrogen) atoms. The summed E-state index contributed by atoms with van der Waals surface area (Å²) in [5.41, 5.74) is 0.222. The zero-order valence-electron chi connectivity index (χ0n) is 6.30. The average molecular weight is 204 g/mol. The summed E-state index contributed by atoms with van der Waals surface area (Å²) in [6.45, 7) is -2.94. The normalized spacial score (nSPS) is 9.77. The second kappa shape index (κ2) is 4.06. The smallest absolute Gasteiger partial charge is 0.387 e. The van der Waals surface area contributed by atoms with Crippen molar-refractivity contribution in [3.8, 4) is 11.8 Å². The van der Waals surface area contributed by atoms with Crippen molar-refractivity contribution in [2.24, 2.45) is 0 Å². The number of ether oxygens (including phenoxy) is 1. The SMILES string of the molecule is N#Cc1ccc(Cl)c(OC(F)F)c1. The number of alkyl halides is 2. The van der Waals surface area contributed by atoms with E-state index in [0.717, 1.165) is 6.07 Å². The first-order valence-corrected chi connectivity index (χ1v) is 3.65. The maximum atomic E-state index is 11.8. The van der Waals surface area contributed by atoms with E-state index >= 15 is 0 Å². The van der Waals surface area contributed by atoms with Crippen molar-refractivity contribution in [1.29, 1.82) is 5.26 Å². The minimum absolute atomic E-state index is 0.0549. The van der Waals surface area contributed by atoms with Crippen LogP contribution in [0, 0.1) is 11.3 Å². The fourth-order valence-corrected chi connectivity index (χ4v) is 0.921. The van der Waals surface area contributed by atoms with Gasteiger partial charge in [0.25, 0.3) is 0 Å². The Morgan fingerprint density at radius 3 is 2.69 bits per heavy atom. The quantitative estimate of drug-likeness (QED) is 0.741. The van der Waals surface area contributed by atoms with Crippen LogP contribution in [0.15, 0.2) is 18.2 Å². The molecular weight excluding hydrogens is 200 g/mol. The Labute approximate surface area is 78.3 Å². The molecule has 0 fully saturated rings. The zero-order valence-corrected chi connectivity index (χ0v) is 7.05. The highest BCUT2D eigenvalue weighted by molar-refractivity contribution is 6.32. The Bertz CT molecular complexity index is 348. The van der Waals surface area contributed by atoms with Gasteiger partial charge in [-0.05, 0) is 18.2 Å². The molecule has 0 radical (unpaired) electrons. The van der Waals surface area contributed by atoms with E-state index in [1.165, 1.54) is 12.1 Å². The number of benzene rings is 1. The Morgan fingerprint density at radius 1 is 1.46 bits per heavy atom. The summed E-state index contributed by atoms with van der Waals surface area (Å²) in [4.78, 5) is 0. The van der Waals surface area contributed by atoms with Crippen LogP contribution in [0.4, 0.5) is 8.78 Å². The van der Waals surface area contributed by atoms with E-state index in [1.807, 2.05) is 0 Å². The third-order valence-corrected chi connectivity index (χ3v) is 1.59. The molecule has 0 aliphatic carbocycles. The summed E-state index contributed by atoms with van der Waals surface area (Å²) in [6, 6.07) is 5.69. The van der Waals surface area contributed by atoms with Crippen LogP contribution in [0.25, 0.3) is 0 Å².